The molecule has 13 nitrogen and oxygen atoms in total. The molecule has 6 aromatic carbocycles. The lowest BCUT2D eigenvalue weighted by Gasteiger charge is -2.51. The number of nitrogens with zero attached hydrogens (tertiary/aromatic N) is 1. The van der Waals surface area contributed by atoms with Gasteiger partial charge in [0, 0.05) is 0 Å². The highest BCUT2D eigenvalue weighted by molar-refractivity contribution is 7.99. The second-order valence-electron chi connectivity index (χ2n) is 18.0. The van der Waals surface area contributed by atoms with Crippen molar-refractivity contribution in [3.05, 3.63) is 215 Å². The van der Waals surface area contributed by atoms with Crippen LogP contribution >= 0.6 is 23.4 Å². The van der Waals surface area contributed by atoms with Crippen LogP contribution in [0.3, 0.4) is 0 Å². The van der Waals surface area contributed by atoms with Crippen molar-refractivity contribution < 1.29 is 57.0 Å². The molecule has 6 aromatic rings. The standard InChI is InChI=1S/C59H60ClNO12S/c1-2-74-59-50(61-56(63)45-30-18-19-31-46(45)57(61)64)53(68-36-43-26-14-6-15-27-43)52(48(71-59)39-66-34-41-22-10-4-11-23-41)73-58-55(69-37-44-28-16-7-17-29-44)54(72-49(62)32-60)51(67-35-42-24-12-5-13-25-42)47(70-58)38-65-33-40-20-8-3-9-21-40/h3-31,47-48,50-55,58-59H,2,32-39H2,1H3/t47-,48-,50-,51+,52-,53-,54+,55-,58+,59+/m1/s1. The number of halogens is 1. The van der Waals surface area contributed by atoms with E-state index in [1.54, 1.807) is 24.3 Å². The van der Waals surface area contributed by atoms with Gasteiger partial charge in [0.25, 0.3) is 11.8 Å². The maximum atomic E-state index is 14.7. The van der Waals surface area contributed by atoms with Crippen LogP contribution in [-0.4, -0.2) is 108 Å². The van der Waals surface area contributed by atoms with Gasteiger partial charge in [0.05, 0.1) is 57.4 Å². The molecule has 3 aliphatic rings. The fourth-order valence-electron chi connectivity index (χ4n) is 9.44. The Labute approximate surface area is 441 Å². The van der Waals surface area contributed by atoms with E-state index >= 15 is 0 Å². The number of carbonyl (C=O) groups excluding carboxylic acids is 3. The number of ether oxygens (including phenoxy) is 9. The molecule has 2 amide bonds. The summed E-state index contributed by atoms with van der Waals surface area (Å²) in [6.07, 6.45) is -8.74. The van der Waals surface area contributed by atoms with E-state index in [4.69, 9.17) is 54.2 Å². The van der Waals surface area contributed by atoms with Gasteiger partial charge in [0.2, 0.25) is 0 Å². The first-order chi connectivity index (χ1) is 36.4. The number of amides is 2. The monoisotopic (exact) mass is 1040 g/mol. The SMILES string of the molecule is CCS[C@@H]1O[C@H](COCc2ccccc2)[C@@H](O[C@@H]2O[C@H](COCc3ccccc3)[C@H](OCc3ccccc3)[C@H](OC(=O)CCl)[C@H]2OCc2ccccc2)[C@H](OCc2ccccc2)[C@H]1N1C(=O)c2ccccc2C1=O. The predicted octanol–water partition coefficient (Wildman–Crippen LogP) is 9.58. The van der Waals surface area contributed by atoms with Gasteiger partial charge in [-0.05, 0) is 45.7 Å². The molecule has 10 atom stereocenters. The number of thioether (sulfide) groups is 1. The molecule has 0 saturated carbocycles. The first-order valence-corrected chi connectivity index (χ1v) is 26.5. The van der Waals surface area contributed by atoms with Crippen molar-refractivity contribution in [1.29, 1.82) is 0 Å². The third kappa shape index (κ3) is 13.4. The van der Waals surface area contributed by atoms with Gasteiger partial charge < -0.3 is 42.6 Å². The van der Waals surface area contributed by atoms with Crippen LogP contribution in [0.25, 0.3) is 0 Å². The van der Waals surface area contributed by atoms with Gasteiger partial charge in [0.1, 0.15) is 54.0 Å². The number of fused-ring (bicyclic) bond motifs is 1. The molecule has 74 heavy (non-hydrogen) atoms. The zero-order valence-electron chi connectivity index (χ0n) is 41.0. The number of hydrogen-bond acceptors (Lipinski definition) is 13. The summed E-state index contributed by atoms with van der Waals surface area (Å²) in [6.45, 7) is 2.70. The Morgan fingerprint density at radius 3 is 1.36 bits per heavy atom. The lowest BCUT2D eigenvalue weighted by Crippen LogP contribution is -2.68. The molecule has 0 spiro atoms. The second-order valence-corrected chi connectivity index (χ2v) is 19.7. The van der Waals surface area contributed by atoms with E-state index in [1.165, 1.54) is 16.7 Å². The molecule has 2 saturated heterocycles. The molecule has 15 heteroatoms. The van der Waals surface area contributed by atoms with Crippen molar-refractivity contribution in [3.8, 4) is 0 Å². The van der Waals surface area contributed by atoms with Gasteiger partial charge in [0.15, 0.2) is 12.4 Å². The second kappa shape index (κ2) is 26.6. The molecular weight excluding hydrogens is 982 g/mol. The van der Waals surface area contributed by atoms with Gasteiger partial charge in [-0.2, -0.15) is 0 Å². The van der Waals surface area contributed by atoms with Gasteiger partial charge in [-0.3, -0.25) is 19.3 Å². The molecule has 0 bridgehead atoms. The summed E-state index contributed by atoms with van der Waals surface area (Å²) in [6, 6.07) is 54.0. The zero-order chi connectivity index (χ0) is 51.1. The summed E-state index contributed by atoms with van der Waals surface area (Å²) < 4.78 is 61.5. The van der Waals surface area contributed by atoms with Crippen LogP contribution in [0.15, 0.2) is 176 Å². The minimum atomic E-state index is -1.36. The zero-order valence-corrected chi connectivity index (χ0v) is 42.6. The summed E-state index contributed by atoms with van der Waals surface area (Å²) >= 11 is 7.68. The largest absolute Gasteiger partial charge is 0.456 e. The van der Waals surface area contributed by atoms with Gasteiger partial charge in [-0.1, -0.05) is 171 Å². The Morgan fingerprint density at radius 2 is 0.919 bits per heavy atom. The number of carbonyl (C=O) groups is 3. The number of rotatable bonds is 24. The minimum Gasteiger partial charge on any atom is -0.456 e. The highest BCUT2D eigenvalue weighted by Gasteiger charge is 2.58. The molecule has 0 aliphatic carbocycles. The first kappa shape index (κ1) is 53.1. The Bertz CT molecular complexity index is 2660. The van der Waals surface area contributed by atoms with E-state index in [1.807, 2.05) is 159 Å². The van der Waals surface area contributed by atoms with Gasteiger partial charge >= 0.3 is 5.97 Å². The molecule has 9 rings (SSSR count). The maximum absolute atomic E-state index is 14.7. The Morgan fingerprint density at radius 1 is 0.514 bits per heavy atom. The van der Waals surface area contributed by atoms with E-state index in [9.17, 15) is 14.4 Å². The fourth-order valence-corrected chi connectivity index (χ4v) is 10.5. The Kier molecular flexibility index (Phi) is 19.1. The van der Waals surface area contributed by atoms with Crippen LogP contribution in [0.1, 0.15) is 55.5 Å². The number of imide groups is 1. The fraction of sp³-hybridized carbons (Fsp3) is 0.339. The number of benzene rings is 6. The Balaban J connectivity index is 1.14. The molecule has 2 fully saturated rings. The van der Waals surface area contributed by atoms with E-state index in [2.05, 4.69) is 0 Å². The highest BCUT2D eigenvalue weighted by atomic mass is 35.5. The molecule has 3 heterocycles. The van der Waals surface area contributed by atoms with E-state index in [-0.39, 0.29) is 57.4 Å². The summed E-state index contributed by atoms with van der Waals surface area (Å²) in [5.41, 5.74) is 4.17. The van der Waals surface area contributed by atoms with Gasteiger partial charge in [-0.15, -0.1) is 23.4 Å². The summed E-state index contributed by atoms with van der Waals surface area (Å²) in [5.74, 6) is -1.56. The van der Waals surface area contributed by atoms with Crippen molar-refractivity contribution >= 4 is 41.1 Å². The smallest absolute Gasteiger partial charge is 0.321 e. The van der Waals surface area contributed by atoms with Crippen molar-refractivity contribution in [3.63, 3.8) is 0 Å². The molecule has 0 unspecified atom stereocenters. The third-order valence-electron chi connectivity index (χ3n) is 13.0. The molecule has 3 aliphatic heterocycles. The minimum absolute atomic E-state index is 0.000278. The number of alkyl halides is 1. The van der Waals surface area contributed by atoms with Crippen molar-refractivity contribution in [1.82, 2.24) is 4.90 Å². The molecule has 0 radical (unpaired) electrons. The lowest BCUT2D eigenvalue weighted by molar-refractivity contribution is -0.351. The Hall–Kier alpha value is -5.75. The van der Waals surface area contributed by atoms with Crippen molar-refractivity contribution in [2.24, 2.45) is 0 Å². The summed E-state index contributed by atoms with van der Waals surface area (Å²) in [5, 5.41) is 0. The van der Waals surface area contributed by atoms with Crippen molar-refractivity contribution in [2.45, 2.75) is 100 Å². The predicted molar refractivity (Wildman–Crippen MR) is 279 cm³/mol. The van der Waals surface area contributed by atoms with Crippen LogP contribution in [0, 0.1) is 0 Å². The molecule has 0 aromatic heterocycles. The summed E-state index contributed by atoms with van der Waals surface area (Å²) in [7, 11) is 0. The quantitative estimate of drug-likeness (QED) is 0.0324. The molecule has 386 valence electrons. The average Bonchev–Trinajstić information content (AvgIpc) is 3.70. The topological polar surface area (TPSA) is 138 Å². The van der Waals surface area contributed by atoms with E-state index in [0.29, 0.717) is 5.75 Å². The van der Waals surface area contributed by atoms with Crippen LogP contribution in [0.2, 0.25) is 0 Å². The van der Waals surface area contributed by atoms with Gasteiger partial charge in [-0.25, -0.2) is 0 Å². The molecular formula is C59H60ClNO12S. The lowest BCUT2D eigenvalue weighted by atomic mass is 9.94. The number of esters is 1. The third-order valence-corrected chi connectivity index (χ3v) is 14.2. The van der Waals surface area contributed by atoms with Crippen LogP contribution in [-0.2, 0) is 80.5 Å². The van der Waals surface area contributed by atoms with Crippen LogP contribution in [0.4, 0.5) is 0 Å². The van der Waals surface area contributed by atoms with Crippen LogP contribution < -0.4 is 0 Å². The van der Waals surface area contributed by atoms with E-state index in [0.717, 1.165) is 27.8 Å². The van der Waals surface area contributed by atoms with Crippen molar-refractivity contribution in [2.75, 3.05) is 24.8 Å². The maximum Gasteiger partial charge on any atom is 0.321 e. The average molecular weight is 1040 g/mol. The first-order valence-electron chi connectivity index (χ1n) is 24.9. The normalized spacial score (nSPS) is 24.6. The van der Waals surface area contributed by atoms with E-state index < -0.39 is 84.2 Å². The van der Waals surface area contributed by atoms with Crippen LogP contribution in [0.5, 0.6) is 0 Å². The highest BCUT2D eigenvalue weighted by Crippen LogP contribution is 2.41. The summed E-state index contributed by atoms with van der Waals surface area (Å²) in [4.78, 5) is 44.2. The number of hydrogen-bond donors (Lipinski definition) is 0. The molecule has 0 N–H and O–H groups in total.